The van der Waals surface area contributed by atoms with Gasteiger partial charge in [0, 0.05) is 24.2 Å². The predicted octanol–water partition coefficient (Wildman–Crippen LogP) is 3.33. The molecule has 24 heavy (non-hydrogen) atoms. The number of fused-ring (bicyclic) bond motifs is 5. The zero-order valence-electron chi connectivity index (χ0n) is 15.0. The van der Waals surface area contributed by atoms with Crippen molar-refractivity contribution in [2.75, 3.05) is 6.54 Å². The quantitative estimate of drug-likeness (QED) is 0.737. The zero-order chi connectivity index (χ0) is 15.7. The number of piperidine rings is 2. The molecule has 0 aromatic rings. The van der Waals surface area contributed by atoms with E-state index in [1.165, 1.54) is 77.2 Å². The van der Waals surface area contributed by atoms with Crippen molar-refractivity contribution in [2.24, 2.45) is 17.8 Å². The van der Waals surface area contributed by atoms with Gasteiger partial charge in [0.05, 0.1) is 12.2 Å². The summed E-state index contributed by atoms with van der Waals surface area (Å²) in [5.74, 6) is 2.80. The van der Waals surface area contributed by atoms with E-state index >= 15 is 0 Å². The molecule has 0 amide bonds. The first kappa shape index (κ1) is 15.0. The molecule has 0 aromatic carbocycles. The number of hydrogen-bond acceptors (Lipinski definition) is 3. The highest BCUT2D eigenvalue weighted by Gasteiger charge is 2.61. The van der Waals surface area contributed by atoms with Crippen molar-refractivity contribution < 1.29 is 4.74 Å². The van der Waals surface area contributed by atoms with Gasteiger partial charge in [0.1, 0.15) is 0 Å². The Balaban J connectivity index is 1.43. The van der Waals surface area contributed by atoms with E-state index in [9.17, 15) is 0 Å². The zero-order valence-corrected chi connectivity index (χ0v) is 15.0. The topological polar surface area (TPSA) is 24.5 Å². The van der Waals surface area contributed by atoms with Gasteiger partial charge >= 0.3 is 0 Å². The Kier molecular flexibility index (Phi) is 3.55. The highest BCUT2D eigenvalue weighted by atomic mass is 16.5. The fourth-order valence-corrected chi connectivity index (χ4v) is 8.08. The van der Waals surface area contributed by atoms with Crippen LogP contribution in [-0.4, -0.2) is 47.8 Å². The maximum atomic E-state index is 6.81. The minimum atomic E-state index is 0.552. The molecular formula is C21H34N2O. The van der Waals surface area contributed by atoms with Gasteiger partial charge in [-0.2, -0.15) is 0 Å². The van der Waals surface area contributed by atoms with Crippen LogP contribution in [0.5, 0.6) is 0 Å². The summed E-state index contributed by atoms with van der Waals surface area (Å²) in [5.41, 5.74) is 0. The molecule has 0 spiro atoms. The molecule has 134 valence electrons. The third-order valence-electron chi connectivity index (χ3n) is 8.82. The van der Waals surface area contributed by atoms with Crippen LogP contribution in [0, 0.1) is 17.8 Å². The number of morpholine rings is 1. The van der Waals surface area contributed by atoms with Crippen molar-refractivity contribution >= 4 is 0 Å². The predicted molar refractivity (Wildman–Crippen MR) is 94.9 cm³/mol. The second kappa shape index (κ2) is 5.69. The van der Waals surface area contributed by atoms with Gasteiger partial charge in [-0.25, -0.2) is 0 Å². The summed E-state index contributed by atoms with van der Waals surface area (Å²) in [6.07, 6.45) is 16.8. The van der Waals surface area contributed by atoms with E-state index in [4.69, 9.17) is 4.74 Å². The smallest absolute Gasteiger partial charge is 0.0738 e. The van der Waals surface area contributed by atoms with Gasteiger partial charge in [-0.1, -0.05) is 25.7 Å². The molecule has 1 N–H and O–H groups in total. The second-order valence-electron chi connectivity index (χ2n) is 9.70. The lowest BCUT2D eigenvalue weighted by Gasteiger charge is -2.67. The molecule has 3 nitrogen and oxygen atoms in total. The van der Waals surface area contributed by atoms with E-state index in [-0.39, 0.29) is 0 Å². The first-order valence-electron chi connectivity index (χ1n) is 11.1. The largest absolute Gasteiger partial charge is 0.372 e. The van der Waals surface area contributed by atoms with Gasteiger partial charge in [0.15, 0.2) is 0 Å². The molecule has 6 fully saturated rings. The number of rotatable bonds is 0. The molecule has 3 heterocycles. The molecule has 6 aliphatic rings. The van der Waals surface area contributed by atoms with Crippen LogP contribution < -0.4 is 5.32 Å². The lowest BCUT2D eigenvalue weighted by molar-refractivity contribution is -0.243. The van der Waals surface area contributed by atoms with E-state index in [1.807, 2.05) is 0 Å². The van der Waals surface area contributed by atoms with Crippen LogP contribution >= 0.6 is 0 Å². The number of nitrogens with zero attached hydrogens (tertiary/aromatic N) is 1. The number of nitrogens with one attached hydrogen (secondary N) is 1. The molecule has 3 saturated heterocycles. The summed E-state index contributed by atoms with van der Waals surface area (Å²) in [4.78, 5) is 3.13. The van der Waals surface area contributed by atoms with Crippen LogP contribution in [0.1, 0.15) is 70.6 Å². The summed E-state index contributed by atoms with van der Waals surface area (Å²) in [6, 6.07) is 3.18. The van der Waals surface area contributed by atoms with E-state index in [1.54, 1.807) is 0 Å². The van der Waals surface area contributed by atoms with Crippen molar-refractivity contribution in [3.05, 3.63) is 0 Å². The van der Waals surface area contributed by atoms with Gasteiger partial charge in [-0.05, 0) is 69.2 Å². The van der Waals surface area contributed by atoms with Crippen molar-refractivity contribution in [3.63, 3.8) is 0 Å². The molecule has 3 heteroatoms. The van der Waals surface area contributed by atoms with E-state index in [0.717, 1.165) is 41.9 Å². The summed E-state index contributed by atoms with van der Waals surface area (Å²) in [7, 11) is 0. The first-order valence-corrected chi connectivity index (χ1v) is 11.1. The Hall–Kier alpha value is -0.120. The minimum absolute atomic E-state index is 0.552. The SMILES string of the molecule is C1CCC2C(C1)OC1CCC3CCNC4C5CCCCC5N2C1C34. The normalized spacial score (nSPS) is 56.8. The second-order valence-corrected chi connectivity index (χ2v) is 9.70. The van der Waals surface area contributed by atoms with Crippen LogP contribution in [0.4, 0.5) is 0 Å². The van der Waals surface area contributed by atoms with Crippen molar-refractivity contribution in [2.45, 2.75) is 107 Å². The molecule has 0 radical (unpaired) electrons. The molecule has 0 bridgehead atoms. The summed E-state index contributed by atoms with van der Waals surface area (Å²) in [6.45, 7) is 1.28. The van der Waals surface area contributed by atoms with Crippen molar-refractivity contribution in [1.29, 1.82) is 0 Å². The molecule has 3 aliphatic carbocycles. The Bertz CT molecular complexity index is 494. The lowest BCUT2D eigenvalue weighted by atomic mass is 9.57. The van der Waals surface area contributed by atoms with Crippen LogP contribution in [0.15, 0.2) is 0 Å². The highest BCUT2D eigenvalue weighted by Crippen LogP contribution is 2.54. The molecular weight excluding hydrogens is 296 g/mol. The molecule has 3 saturated carbocycles. The third-order valence-corrected chi connectivity index (χ3v) is 8.82. The van der Waals surface area contributed by atoms with Gasteiger partial charge in [0.2, 0.25) is 0 Å². The monoisotopic (exact) mass is 330 g/mol. The molecule has 9 atom stereocenters. The summed E-state index contributed by atoms with van der Waals surface area (Å²) >= 11 is 0. The molecule has 3 aliphatic heterocycles. The van der Waals surface area contributed by atoms with Gasteiger partial charge in [-0.15, -0.1) is 0 Å². The number of ether oxygens (including phenoxy) is 1. The van der Waals surface area contributed by atoms with E-state index < -0.39 is 0 Å². The summed E-state index contributed by atoms with van der Waals surface area (Å²) < 4.78 is 6.81. The Morgan fingerprint density at radius 2 is 1.58 bits per heavy atom. The van der Waals surface area contributed by atoms with Gasteiger partial charge < -0.3 is 10.1 Å². The van der Waals surface area contributed by atoms with Gasteiger partial charge in [0.25, 0.3) is 0 Å². The maximum Gasteiger partial charge on any atom is 0.0738 e. The average Bonchev–Trinajstić information content (AvgIpc) is 2.66. The third kappa shape index (κ3) is 2.01. The van der Waals surface area contributed by atoms with Crippen LogP contribution in [0.2, 0.25) is 0 Å². The molecule has 6 rings (SSSR count). The fraction of sp³-hybridized carbons (Fsp3) is 1.00. The van der Waals surface area contributed by atoms with Gasteiger partial charge in [-0.3, -0.25) is 4.90 Å². The van der Waals surface area contributed by atoms with Crippen molar-refractivity contribution in [3.8, 4) is 0 Å². The standard InChI is InChI=1S/C21H34N2O/c1-2-6-15-14(5-1)20-19-13(11-12-22-20)9-10-18-21(19)23(15)16-7-3-4-8-17(16)24-18/h13-22H,1-12H2. The van der Waals surface area contributed by atoms with E-state index in [2.05, 4.69) is 10.2 Å². The Morgan fingerprint density at radius 1 is 0.750 bits per heavy atom. The summed E-state index contributed by atoms with van der Waals surface area (Å²) in [5, 5.41) is 4.03. The number of hydrogen-bond donors (Lipinski definition) is 1. The van der Waals surface area contributed by atoms with Crippen LogP contribution in [-0.2, 0) is 4.74 Å². The molecule has 0 aromatic heterocycles. The molecule has 9 unspecified atom stereocenters. The lowest BCUT2D eigenvalue weighted by Crippen LogP contribution is -2.77. The van der Waals surface area contributed by atoms with E-state index in [0.29, 0.717) is 12.2 Å². The average molecular weight is 331 g/mol. The highest BCUT2D eigenvalue weighted by molar-refractivity contribution is 5.14. The van der Waals surface area contributed by atoms with Crippen molar-refractivity contribution in [1.82, 2.24) is 10.2 Å². The van der Waals surface area contributed by atoms with Crippen LogP contribution in [0.25, 0.3) is 0 Å². The van der Waals surface area contributed by atoms with Crippen LogP contribution in [0.3, 0.4) is 0 Å². The minimum Gasteiger partial charge on any atom is -0.372 e. The maximum absolute atomic E-state index is 6.81. The fourth-order valence-electron chi connectivity index (χ4n) is 8.08. The first-order chi connectivity index (χ1) is 11.9. The Labute approximate surface area is 146 Å². The Morgan fingerprint density at radius 3 is 2.54 bits per heavy atom.